The van der Waals surface area contributed by atoms with Crippen molar-refractivity contribution in [1.29, 1.82) is 0 Å². The molecule has 98 valence electrons. The van der Waals surface area contributed by atoms with E-state index >= 15 is 0 Å². The summed E-state index contributed by atoms with van der Waals surface area (Å²) in [5.74, 6) is -0.292. The van der Waals surface area contributed by atoms with Crippen molar-refractivity contribution in [3.05, 3.63) is 47.4 Å². The van der Waals surface area contributed by atoms with Gasteiger partial charge in [0.2, 0.25) is 4.77 Å². The summed E-state index contributed by atoms with van der Waals surface area (Å²) >= 11 is 5.10. The Balaban J connectivity index is 2.04. The minimum atomic E-state index is -0.292. The monoisotopic (exact) mass is 286 g/mol. The number of rotatable bonds is 1. The zero-order valence-electron chi connectivity index (χ0n) is 9.99. The number of halogens is 1. The Morgan fingerprint density at radius 3 is 2.75 bits per heavy atom. The molecule has 0 aliphatic rings. The van der Waals surface area contributed by atoms with Crippen molar-refractivity contribution in [3.8, 4) is 5.69 Å². The highest BCUT2D eigenvalue weighted by atomic mass is 32.1. The molecule has 0 saturated carbocycles. The van der Waals surface area contributed by atoms with Gasteiger partial charge in [-0.1, -0.05) is 0 Å². The van der Waals surface area contributed by atoms with Gasteiger partial charge >= 0.3 is 0 Å². The van der Waals surface area contributed by atoms with Gasteiger partial charge in [0.05, 0.1) is 17.3 Å². The molecular formula is C12H7FN6S. The number of hydrogen-bond acceptors (Lipinski definition) is 4. The van der Waals surface area contributed by atoms with E-state index in [1.807, 2.05) is 0 Å². The molecule has 0 aliphatic heterocycles. The molecular weight excluding hydrogens is 279 g/mol. The highest BCUT2D eigenvalue weighted by molar-refractivity contribution is 7.71. The molecule has 4 rings (SSSR count). The van der Waals surface area contributed by atoms with Crippen molar-refractivity contribution in [2.45, 2.75) is 0 Å². The summed E-state index contributed by atoms with van der Waals surface area (Å²) in [5.41, 5.74) is 2.03. The van der Waals surface area contributed by atoms with Gasteiger partial charge in [-0.15, -0.1) is 0 Å². The van der Waals surface area contributed by atoms with E-state index in [0.29, 0.717) is 16.1 Å². The van der Waals surface area contributed by atoms with Gasteiger partial charge in [-0.25, -0.2) is 14.1 Å². The van der Waals surface area contributed by atoms with E-state index in [1.165, 1.54) is 12.1 Å². The van der Waals surface area contributed by atoms with Crippen LogP contribution in [0, 0.1) is 10.6 Å². The molecule has 0 unspecified atom stereocenters. The minimum Gasteiger partial charge on any atom is -0.258 e. The van der Waals surface area contributed by atoms with E-state index in [0.717, 1.165) is 11.1 Å². The van der Waals surface area contributed by atoms with E-state index in [-0.39, 0.29) is 5.82 Å². The van der Waals surface area contributed by atoms with Crippen LogP contribution in [-0.2, 0) is 0 Å². The Morgan fingerprint density at radius 2 is 1.95 bits per heavy atom. The number of fused-ring (bicyclic) bond motifs is 3. The van der Waals surface area contributed by atoms with Crippen LogP contribution in [-0.4, -0.2) is 29.4 Å². The van der Waals surface area contributed by atoms with Gasteiger partial charge in [-0.05, 0) is 36.5 Å². The molecule has 8 heteroatoms. The van der Waals surface area contributed by atoms with Crippen molar-refractivity contribution in [2.75, 3.05) is 0 Å². The van der Waals surface area contributed by atoms with Gasteiger partial charge in [0.25, 0.3) is 0 Å². The summed E-state index contributed by atoms with van der Waals surface area (Å²) in [6.07, 6.45) is 3.25. The lowest BCUT2D eigenvalue weighted by atomic mass is 10.3. The number of aromatic amines is 1. The van der Waals surface area contributed by atoms with Crippen LogP contribution in [0.25, 0.3) is 22.4 Å². The average molecular weight is 286 g/mol. The first kappa shape index (κ1) is 11.2. The lowest BCUT2D eigenvalue weighted by Gasteiger charge is -2.02. The Labute approximate surface area is 116 Å². The molecule has 0 fully saturated rings. The number of nitrogens with zero attached hydrogens (tertiary/aromatic N) is 5. The van der Waals surface area contributed by atoms with Crippen molar-refractivity contribution in [1.82, 2.24) is 29.4 Å². The Bertz CT molecular complexity index is 981. The Morgan fingerprint density at radius 1 is 1.15 bits per heavy atom. The molecule has 0 atom stereocenters. The first-order valence-electron chi connectivity index (χ1n) is 5.79. The summed E-state index contributed by atoms with van der Waals surface area (Å²) < 4.78 is 16.8. The largest absolute Gasteiger partial charge is 0.258 e. The fraction of sp³-hybridized carbons (Fsp3) is 0. The fourth-order valence-corrected chi connectivity index (χ4v) is 2.29. The van der Waals surface area contributed by atoms with Crippen LogP contribution in [0.2, 0.25) is 0 Å². The molecule has 0 amide bonds. The molecule has 0 saturated heterocycles. The number of benzene rings is 1. The maximum atomic E-state index is 13.0. The zero-order chi connectivity index (χ0) is 13.7. The number of nitrogens with one attached hydrogen (secondary N) is 1. The first-order valence-corrected chi connectivity index (χ1v) is 6.20. The lowest BCUT2D eigenvalue weighted by molar-refractivity contribution is 0.627. The van der Waals surface area contributed by atoms with E-state index in [4.69, 9.17) is 12.2 Å². The lowest BCUT2D eigenvalue weighted by Crippen LogP contribution is -1.98. The van der Waals surface area contributed by atoms with Gasteiger partial charge in [-0.3, -0.25) is 9.50 Å². The van der Waals surface area contributed by atoms with Crippen LogP contribution < -0.4 is 0 Å². The molecule has 1 aromatic carbocycles. The highest BCUT2D eigenvalue weighted by Crippen LogP contribution is 2.19. The van der Waals surface area contributed by atoms with Gasteiger partial charge in [0.15, 0.2) is 11.3 Å². The third-order valence-electron chi connectivity index (χ3n) is 3.06. The van der Waals surface area contributed by atoms with Crippen LogP contribution in [0.5, 0.6) is 0 Å². The van der Waals surface area contributed by atoms with E-state index in [1.54, 1.807) is 33.7 Å². The van der Waals surface area contributed by atoms with Gasteiger partial charge < -0.3 is 0 Å². The SMILES string of the molecule is Fc1ccc(-n2ncc3c2ncn2c(=S)[nH]nc32)cc1. The third-order valence-corrected chi connectivity index (χ3v) is 3.34. The molecule has 0 spiro atoms. The summed E-state index contributed by atoms with van der Waals surface area (Å²) in [6.45, 7) is 0. The van der Waals surface area contributed by atoms with Gasteiger partial charge in [0, 0.05) is 0 Å². The predicted octanol–water partition coefficient (Wildman–Crippen LogP) is 2.26. The second-order valence-corrected chi connectivity index (χ2v) is 4.62. The maximum Gasteiger partial charge on any atom is 0.200 e. The summed E-state index contributed by atoms with van der Waals surface area (Å²) in [6, 6.07) is 6.05. The number of aromatic nitrogens is 6. The molecule has 3 heterocycles. The van der Waals surface area contributed by atoms with Crippen LogP contribution in [0.3, 0.4) is 0 Å². The highest BCUT2D eigenvalue weighted by Gasteiger charge is 2.11. The quantitative estimate of drug-likeness (QED) is 0.545. The summed E-state index contributed by atoms with van der Waals surface area (Å²) in [5, 5.41) is 11.9. The summed E-state index contributed by atoms with van der Waals surface area (Å²) in [7, 11) is 0. The third kappa shape index (κ3) is 1.48. The van der Waals surface area contributed by atoms with Gasteiger partial charge in [-0.2, -0.15) is 10.2 Å². The second kappa shape index (κ2) is 3.94. The minimum absolute atomic E-state index is 0.292. The van der Waals surface area contributed by atoms with Crippen LogP contribution >= 0.6 is 12.2 Å². The molecule has 0 aliphatic carbocycles. The molecule has 6 nitrogen and oxygen atoms in total. The van der Waals surface area contributed by atoms with Crippen molar-refractivity contribution >= 4 is 28.9 Å². The Kier molecular flexibility index (Phi) is 2.21. The van der Waals surface area contributed by atoms with Crippen LogP contribution in [0.1, 0.15) is 0 Å². The summed E-state index contributed by atoms with van der Waals surface area (Å²) in [4.78, 5) is 4.34. The molecule has 1 N–H and O–H groups in total. The topological polar surface area (TPSA) is 63.8 Å². The average Bonchev–Trinajstić information content (AvgIpc) is 3.04. The van der Waals surface area contributed by atoms with Crippen LogP contribution in [0.4, 0.5) is 4.39 Å². The standard InChI is InChI=1S/C12H7FN6S/c13-7-1-3-8(4-2-7)19-10-9(5-15-19)11-16-17-12(20)18(11)6-14-10/h1-6H,(H,17,20). The van der Waals surface area contributed by atoms with Crippen molar-refractivity contribution in [2.24, 2.45) is 0 Å². The zero-order valence-corrected chi connectivity index (χ0v) is 10.8. The number of H-pyrrole nitrogens is 1. The molecule has 3 aromatic heterocycles. The first-order chi connectivity index (χ1) is 9.74. The Hall–Kier alpha value is -2.61. The van der Waals surface area contributed by atoms with Crippen molar-refractivity contribution in [3.63, 3.8) is 0 Å². The second-order valence-electron chi connectivity index (χ2n) is 4.24. The van der Waals surface area contributed by atoms with E-state index < -0.39 is 0 Å². The molecule has 0 bridgehead atoms. The van der Waals surface area contributed by atoms with E-state index in [2.05, 4.69) is 20.3 Å². The smallest absolute Gasteiger partial charge is 0.200 e. The van der Waals surface area contributed by atoms with Crippen LogP contribution in [0.15, 0.2) is 36.8 Å². The maximum absolute atomic E-state index is 13.0. The molecule has 4 aromatic rings. The fourth-order valence-electron chi connectivity index (χ4n) is 2.11. The van der Waals surface area contributed by atoms with Gasteiger partial charge in [0.1, 0.15) is 12.1 Å². The number of hydrogen-bond donors (Lipinski definition) is 1. The van der Waals surface area contributed by atoms with Crippen molar-refractivity contribution < 1.29 is 4.39 Å². The molecule has 20 heavy (non-hydrogen) atoms. The normalized spacial score (nSPS) is 11.4. The van der Waals surface area contributed by atoms with E-state index in [9.17, 15) is 4.39 Å². The molecule has 0 radical (unpaired) electrons. The predicted molar refractivity (Wildman–Crippen MR) is 72.8 cm³/mol.